The van der Waals surface area contributed by atoms with E-state index in [0.29, 0.717) is 12.7 Å². The molecule has 2 aromatic rings. The summed E-state index contributed by atoms with van der Waals surface area (Å²) in [5.41, 5.74) is 7.76. The van der Waals surface area contributed by atoms with Gasteiger partial charge in [-0.3, -0.25) is 4.79 Å². The van der Waals surface area contributed by atoms with Crippen LogP contribution in [0.3, 0.4) is 0 Å². The van der Waals surface area contributed by atoms with Crippen LogP contribution in [0, 0.1) is 0 Å². The van der Waals surface area contributed by atoms with Crippen LogP contribution in [-0.2, 0) is 16.0 Å². The van der Waals surface area contributed by atoms with Crippen LogP contribution in [0.2, 0.25) is 0 Å². The zero-order valence-electron chi connectivity index (χ0n) is 10.9. The van der Waals surface area contributed by atoms with Crippen molar-refractivity contribution in [3.8, 4) is 0 Å². The number of nitrogens with one attached hydrogen (secondary N) is 2. The Morgan fingerprint density at radius 1 is 1.45 bits per heavy atom. The van der Waals surface area contributed by atoms with Crippen molar-refractivity contribution in [1.82, 2.24) is 10.3 Å². The second kappa shape index (κ2) is 6.31. The summed E-state index contributed by atoms with van der Waals surface area (Å²) in [5, 5.41) is 12.3. The third kappa shape index (κ3) is 3.04. The summed E-state index contributed by atoms with van der Waals surface area (Å²) < 4.78 is 0. The molecule has 0 aliphatic carbocycles. The van der Waals surface area contributed by atoms with E-state index in [4.69, 9.17) is 10.8 Å². The van der Waals surface area contributed by atoms with Crippen molar-refractivity contribution >= 4 is 23.1 Å². The maximum absolute atomic E-state index is 11.8. The van der Waals surface area contributed by atoms with E-state index < -0.39 is 24.6 Å². The Morgan fingerprint density at radius 2 is 2.20 bits per heavy atom. The quantitative estimate of drug-likeness (QED) is 0.543. The molecule has 6 heteroatoms. The molecule has 1 amide bonds. The highest BCUT2D eigenvalue weighted by Gasteiger charge is 2.18. The number of fused-ring (bicyclic) bond motifs is 1. The number of hydrogen-bond acceptors (Lipinski definition) is 4. The van der Waals surface area contributed by atoms with Gasteiger partial charge in [-0.15, -0.1) is 0 Å². The number of para-hydroxylation sites is 1. The van der Waals surface area contributed by atoms with Gasteiger partial charge in [0.25, 0.3) is 0 Å². The summed E-state index contributed by atoms with van der Waals surface area (Å²) in [5.74, 6) is -0.457. The lowest BCUT2D eigenvalue weighted by molar-refractivity contribution is -0.125. The Hall–Kier alpha value is -2.18. The van der Waals surface area contributed by atoms with Crippen molar-refractivity contribution in [2.75, 3.05) is 6.61 Å². The zero-order valence-corrected chi connectivity index (χ0v) is 10.9. The number of aliphatic hydroxyl groups excluding tert-OH is 1. The van der Waals surface area contributed by atoms with Gasteiger partial charge in [0.05, 0.1) is 12.6 Å². The molecule has 1 aromatic carbocycles. The van der Waals surface area contributed by atoms with Crippen LogP contribution in [0.5, 0.6) is 0 Å². The maximum atomic E-state index is 11.8. The summed E-state index contributed by atoms with van der Waals surface area (Å²) >= 11 is 0. The number of benzene rings is 1. The number of carbonyl (C=O) groups excluding carboxylic acids is 2. The number of carbonyl (C=O) groups is 2. The fourth-order valence-corrected chi connectivity index (χ4v) is 2.04. The molecule has 5 N–H and O–H groups in total. The molecule has 20 heavy (non-hydrogen) atoms. The highest BCUT2D eigenvalue weighted by molar-refractivity contribution is 5.87. The SMILES string of the molecule is N[C@@H](Cc1c[nH]c2ccccc12)C(=O)N[C@H](C=O)CO. The molecule has 0 aliphatic rings. The smallest absolute Gasteiger partial charge is 0.237 e. The second-order valence-electron chi connectivity index (χ2n) is 4.60. The molecule has 1 aromatic heterocycles. The first-order valence-electron chi connectivity index (χ1n) is 6.32. The number of aliphatic hydroxyl groups is 1. The van der Waals surface area contributed by atoms with Crippen LogP contribution < -0.4 is 11.1 Å². The Morgan fingerprint density at radius 3 is 2.90 bits per heavy atom. The average molecular weight is 275 g/mol. The van der Waals surface area contributed by atoms with E-state index in [0.717, 1.165) is 16.5 Å². The number of hydrogen-bond donors (Lipinski definition) is 4. The van der Waals surface area contributed by atoms with Gasteiger partial charge < -0.3 is 25.9 Å². The molecule has 1 heterocycles. The standard InChI is InChI=1S/C14H17N3O3/c15-12(14(20)17-10(7-18)8-19)5-9-6-16-13-4-2-1-3-11(9)13/h1-4,6-7,10,12,16,19H,5,8,15H2,(H,17,20)/t10-,12+/m1/s1. The lowest BCUT2D eigenvalue weighted by Gasteiger charge is -2.14. The first-order valence-corrected chi connectivity index (χ1v) is 6.32. The molecular weight excluding hydrogens is 258 g/mol. The summed E-state index contributed by atoms with van der Waals surface area (Å²) in [7, 11) is 0. The summed E-state index contributed by atoms with van der Waals surface area (Å²) in [6.07, 6.45) is 2.66. The molecule has 0 saturated heterocycles. The maximum Gasteiger partial charge on any atom is 0.237 e. The van der Waals surface area contributed by atoms with Crippen LogP contribution in [0.25, 0.3) is 10.9 Å². The number of H-pyrrole nitrogens is 1. The highest BCUT2D eigenvalue weighted by Crippen LogP contribution is 2.18. The van der Waals surface area contributed by atoms with Crippen LogP contribution in [0.15, 0.2) is 30.5 Å². The molecule has 2 rings (SSSR count). The lowest BCUT2D eigenvalue weighted by Crippen LogP contribution is -2.48. The molecule has 0 spiro atoms. The van der Waals surface area contributed by atoms with Gasteiger partial charge in [0, 0.05) is 17.1 Å². The number of aromatic nitrogens is 1. The zero-order chi connectivity index (χ0) is 14.5. The number of nitrogens with two attached hydrogens (primary N) is 1. The third-order valence-electron chi connectivity index (χ3n) is 3.14. The predicted octanol–water partition coefficient (Wildman–Crippen LogP) is -0.286. The summed E-state index contributed by atoms with van der Waals surface area (Å²) in [4.78, 5) is 25.5. The number of aromatic amines is 1. The van der Waals surface area contributed by atoms with Crippen LogP contribution in [0.1, 0.15) is 5.56 Å². The fraction of sp³-hybridized carbons (Fsp3) is 0.286. The van der Waals surface area contributed by atoms with Gasteiger partial charge >= 0.3 is 0 Å². The predicted molar refractivity (Wildman–Crippen MR) is 75.1 cm³/mol. The fourth-order valence-electron chi connectivity index (χ4n) is 2.04. The van der Waals surface area contributed by atoms with Crippen molar-refractivity contribution in [3.05, 3.63) is 36.0 Å². The van der Waals surface area contributed by atoms with E-state index in [2.05, 4.69) is 10.3 Å². The van der Waals surface area contributed by atoms with E-state index in [1.165, 1.54) is 0 Å². The molecule has 0 aliphatic heterocycles. The Bertz CT molecular complexity index is 608. The van der Waals surface area contributed by atoms with Crippen molar-refractivity contribution in [3.63, 3.8) is 0 Å². The Balaban J connectivity index is 2.05. The van der Waals surface area contributed by atoms with Gasteiger partial charge in [-0.05, 0) is 18.1 Å². The topological polar surface area (TPSA) is 108 Å². The van der Waals surface area contributed by atoms with E-state index in [1.54, 1.807) is 0 Å². The number of aldehydes is 1. The van der Waals surface area contributed by atoms with Crippen LogP contribution in [0.4, 0.5) is 0 Å². The first-order chi connectivity index (χ1) is 9.65. The van der Waals surface area contributed by atoms with Gasteiger partial charge in [-0.25, -0.2) is 0 Å². The summed E-state index contributed by atoms with van der Waals surface area (Å²) in [6, 6.07) is 6.05. The van der Waals surface area contributed by atoms with Crippen molar-refractivity contribution in [2.24, 2.45) is 5.73 Å². The molecule has 0 bridgehead atoms. The van der Waals surface area contributed by atoms with Gasteiger partial charge in [0.1, 0.15) is 12.3 Å². The average Bonchev–Trinajstić information content (AvgIpc) is 2.87. The molecule has 6 nitrogen and oxygen atoms in total. The van der Waals surface area contributed by atoms with E-state index >= 15 is 0 Å². The van der Waals surface area contributed by atoms with Gasteiger partial charge in [-0.2, -0.15) is 0 Å². The van der Waals surface area contributed by atoms with Crippen molar-refractivity contribution in [1.29, 1.82) is 0 Å². The number of rotatable bonds is 6. The first kappa shape index (κ1) is 14.2. The molecule has 0 unspecified atom stereocenters. The minimum absolute atomic E-state index is 0.354. The van der Waals surface area contributed by atoms with Crippen molar-refractivity contribution in [2.45, 2.75) is 18.5 Å². The molecule has 0 radical (unpaired) electrons. The van der Waals surface area contributed by atoms with E-state index in [1.807, 2.05) is 30.5 Å². The van der Waals surface area contributed by atoms with Gasteiger partial charge in [0.15, 0.2) is 0 Å². The van der Waals surface area contributed by atoms with Crippen molar-refractivity contribution < 1.29 is 14.7 Å². The monoisotopic (exact) mass is 275 g/mol. The molecule has 106 valence electrons. The minimum Gasteiger partial charge on any atom is -0.394 e. The highest BCUT2D eigenvalue weighted by atomic mass is 16.3. The number of amides is 1. The summed E-state index contributed by atoms with van der Waals surface area (Å²) in [6.45, 7) is -0.435. The van der Waals surface area contributed by atoms with E-state index in [-0.39, 0.29) is 0 Å². The van der Waals surface area contributed by atoms with Crippen LogP contribution >= 0.6 is 0 Å². The van der Waals surface area contributed by atoms with E-state index in [9.17, 15) is 9.59 Å². The third-order valence-corrected chi connectivity index (χ3v) is 3.14. The Labute approximate surface area is 116 Å². The molecular formula is C14H17N3O3. The Kier molecular flexibility index (Phi) is 4.49. The largest absolute Gasteiger partial charge is 0.394 e. The van der Waals surface area contributed by atoms with Gasteiger partial charge in [-0.1, -0.05) is 18.2 Å². The van der Waals surface area contributed by atoms with Gasteiger partial charge in [0.2, 0.25) is 5.91 Å². The lowest BCUT2D eigenvalue weighted by atomic mass is 10.0. The molecule has 2 atom stereocenters. The second-order valence-corrected chi connectivity index (χ2v) is 4.60. The molecule has 0 saturated carbocycles. The van der Waals surface area contributed by atoms with Crippen LogP contribution in [-0.4, -0.2) is 41.0 Å². The normalized spacial score (nSPS) is 13.9. The minimum atomic E-state index is -0.906. The molecule has 0 fully saturated rings.